The first-order chi connectivity index (χ1) is 9.95. The largest absolute Gasteiger partial charge is 0.331 e. The fraction of sp³-hybridized carbons (Fsp3) is 0.364. The van der Waals surface area contributed by atoms with Gasteiger partial charge in [0.05, 0.1) is 23.8 Å². The van der Waals surface area contributed by atoms with Crippen molar-refractivity contribution < 1.29 is 9.59 Å². The summed E-state index contributed by atoms with van der Waals surface area (Å²) >= 11 is 0. The smallest absolute Gasteiger partial charge is 0.322 e. The summed E-state index contributed by atoms with van der Waals surface area (Å²) in [6.07, 6.45) is 2.89. The second-order valence-corrected chi connectivity index (χ2v) is 4.54. The topological polar surface area (TPSA) is 121 Å². The highest BCUT2D eigenvalue weighted by atomic mass is 16.2. The van der Waals surface area contributed by atoms with Gasteiger partial charge in [-0.1, -0.05) is 0 Å². The molecular formula is C11H16N8O2. The Morgan fingerprint density at radius 1 is 1.33 bits per heavy atom. The van der Waals surface area contributed by atoms with Crippen molar-refractivity contribution in [2.45, 2.75) is 13.5 Å². The second kappa shape index (κ2) is 6.03. The van der Waals surface area contributed by atoms with E-state index in [2.05, 4.69) is 31.0 Å². The molecule has 0 spiro atoms. The Kier molecular flexibility index (Phi) is 4.16. The van der Waals surface area contributed by atoms with Crippen molar-refractivity contribution in [3.05, 3.63) is 18.1 Å². The van der Waals surface area contributed by atoms with E-state index >= 15 is 0 Å². The fourth-order valence-electron chi connectivity index (χ4n) is 1.45. The van der Waals surface area contributed by atoms with Gasteiger partial charge in [-0.05, 0) is 6.92 Å². The summed E-state index contributed by atoms with van der Waals surface area (Å²) in [7, 11) is 3.22. The van der Waals surface area contributed by atoms with E-state index in [0.717, 1.165) is 5.69 Å². The quantitative estimate of drug-likeness (QED) is 0.734. The van der Waals surface area contributed by atoms with Crippen molar-refractivity contribution in [2.24, 2.45) is 0 Å². The molecule has 10 heteroatoms. The van der Waals surface area contributed by atoms with Crippen molar-refractivity contribution in [2.75, 3.05) is 24.7 Å². The minimum atomic E-state index is -0.319. The number of nitrogens with one attached hydrogen (secondary N) is 3. The summed E-state index contributed by atoms with van der Waals surface area (Å²) in [6.45, 7) is 1.73. The minimum Gasteiger partial charge on any atom is -0.331 e. The zero-order chi connectivity index (χ0) is 15.4. The first-order valence-corrected chi connectivity index (χ1v) is 6.14. The molecule has 0 aliphatic rings. The van der Waals surface area contributed by atoms with Crippen molar-refractivity contribution in [3.63, 3.8) is 0 Å². The Hall–Kier alpha value is -2.91. The molecule has 0 radical (unpaired) electrons. The van der Waals surface area contributed by atoms with Gasteiger partial charge in [0, 0.05) is 14.1 Å². The van der Waals surface area contributed by atoms with Gasteiger partial charge < -0.3 is 10.2 Å². The highest BCUT2D eigenvalue weighted by Gasteiger charge is 2.11. The predicted octanol–water partition coefficient (Wildman–Crippen LogP) is 0.0418. The molecule has 2 heterocycles. The first kappa shape index (κ1) is 14.5. The Morgan fingerprint density at radius 3 is 2.71 bits per heavy atom. The number of hydrogen-bond donors (Lipinski definition) is 3. The third kappa shape index (κ3) is 3.78. The Bertz CT molecular complexity index is 644. The highest BCUT2D eigenvalue weighted by Crippen LogP contribution is 2.09. The van der Waals surface area contributed by atoms with E-state index < -0.39 is 0 Å². The van der Waals surface area contributed by atoms with Crippen LogP contribution in [0.25, 0.3) is 0 Å². The molecule has 3 N–H and O–H groups in total. The van der Waals surface area contributed by atoms with Gasteiger partial charge >= 0.3 is 6.03 Å². The van der Waals surface area contributed by atoms with Gasteiger partial charge in [0.25, 0.3) is 0 Å². The number of aromatic amines is 1. The second-order valence-electron chi connectivity index (χ2n) is 4.54. The molecule has 112 valence electrons. The van der Waals surface area contributed by atoms with Gasteiger partial charge in [-0.3, -0.25) is 15.2 Å². The van der Waals surface area contributed by atoms with Crippen LogP contribution in [0.15, 0.2) is 12.4 Å². The van der Waals surface area contributed by atoms with Crippen LogP contribution in [0.4, 0.5) is 16.3 Å². The molecule has 0 saturated carbocycles. The third-order valence-electron chi connectivity index (χ3n) is 2.57. The molecule has 2 aromatic rings. The number of nitrogens with zero attached hydrogens (tertiary/aromatic N) is 5. The number of amides is 3. The van der Waals surface area contributed by atoms with E-state index in [1.807, 2.05) is 0 Å². The van der Waals surface area contributed by atoms with E-state index in [1.165, 1.54) is 22.1 Å². The van der Waals surface area contributed by atoms with E-state index in [4.69, 9.17) is 0 Å². The lowest BCUT2D eigenvalue weighted by Crippen LogP contribution is -2.27. The standard InChI is InChI=1S/C11H16N8O2/c1-7-8(4-12-16-7)14-10(20)6-19-13-5-9(17-19)15-11(21)18(2)3/h4-5H,6H2,1-3H3,(H,12,16)(H,14,20)(H,15,17,21). The summed E-state index contributed by atoms with van der Waals surface area (Å²) in [5.41, 5.74) is 1.36. The number of anilines is 2. The predicted molar refractivity (Wildman–Crippen MR) is 74.7 cm³/mol. The number of urea groups is 1. The Labute approximate surface area is 120 Å². The molecule has 0 aliphatic carbocycles. The molecular weight excluding hydrogens is 276 g/mol. The summed E-state index contributed by atoms with van der Waals surface area (Å²) in [6, 6.07) is -0.319. The molecule has 3 amide bonds. The first-order valence-electron chi connectivity index (χ1n) is 6.14. The summed E-state index contributed by atoms with van der Waals surface area (Å²) < 4.78 is 0. The van der Waals surface area contributed by atoms with Crippen LogP contribution in [-0.2, 0) is 11.3 Å². The zero-order valence-electron chi connectivity index (χ0n) is 11.9. The van der Waals surface area contributed by atoms with E-state index in [-0.39, 0.29) is 24.3 Å². The molecule has 0 unspecified atom stereocenters. The van der Waals surface area contributed by atoms with Crippen LogP contribution in [-0.4, -0.2) is 56.1 Å². The van der Waals surface area contributed by atoms with Crippen molar-refractivity contribution in [1.29, 1.82) is 0 Å². The highest BCUT2D eigenvalue weighted by molar-refractivity contribution is 5.91. The zero-order valence-corrected chi connectivity index (χ0v) is 11.9. The lowest BCUT2D eigenvalue weighted by Gasteiger charge is -2.09. The van der Waals surface area contributed by atoms with Crippen molar-refractivity contribution >= 4 is 23.4 Å². The summed E-state index contributed by atoms with van der Waals surface area (Å²) in [4.78, 5) is 25.8. The maximum atomic E-state index is 11.8. The van der Waals surface area contributed by atoms with Crippen molar-refractivity contribution in [1.82, 2.24) is 30.1 Å². The molecule has 0 aromatic carbocycles. The molecule has 0 atom stereocenters. The number of hydrogen-bond acceptors (Lipinski definition) is 5. The van der Waals surface area contributed by atoms with Crippen LogP contribution >= 0.6 is 0 Å². The lowest BCUT2D eigenvalue weighted by molar-refractivity contribution is -0.117. The molecule has 10 nitrogen and oxygen atoms in total. The van der Waals surface area contributed by atoms with Crippen LogP contribution in [0.3, 0.4) is 0 Å². The molecule has 0 fully saturated rings. The fourth-order valence-corrected chi connectivity index (χ4v) is 1.45. The number of carbonyl (C=O) groups excluding carboxylic acids is 2. The molecule has 21 heavy (non-hydrogen) atoms. The number of rotatable bonds is 4. The maximum Gasteiger partial charge on any atom is 0.322 e. The molecule has 0 bridgehead atoms. The van der Waals surface area contributed by atoms with Gasteiger partial charge in [-0.15, -0.1) is 5.10 Å². The van der Waals surface area contributed by atoms with Crippen LogP contribution in [0.1, 0.15) is 5.69 Å². The van der Waals surface area contributed by atoms with Gasteiger partial charge in [-0.2, -0.15) is 15.0 Å². The van der Waals surface area contributed by atoms with Crippen LogP contribution in [0.5, 0.6) is 0 Å². The van der Waals surface area contributed by atoms with E-state index in [0.29, 0.717) is 5.69 Å². The maximum absolute atomic E-state index is 11.8. The van der Waals surface area contributed by atoms with Crippen molar-refractivity contribution in [3.8, 4) is 0 Å². The number of carbonyl (C=O) groups is 2. The van der Waals surface area contributed by atoms with Gasteiger partial charge in [0.1, 0.15) is 6.54 Å². The van der Waals surface area contributed by atoms with Gasteiger partial charge in [0.15, 0.2) is 5.82 Å². The molecule has 2 rings (SSSR count). The third-order valence-corrected chi connectivity index (χ3v) is 2.57. The number of aromatic nitrogens is 5. The Balaban J connectivity index is 1.91. The Morgan fingerprint density at radius 2 is 2.10 bits per heavy atom. The summed E-state index contributed by atoms with van der Waals surface area (Å²) in [5.74, 6) is -0.0124. The van der Waals surface area contributed by atoms with E-state index in [9.17, 15) is 9.59 Å². The number of H-pyrrole nitrogens is 1. The van der Waals surface area contributed by atoms with Crippen LogP contribution in [0, 0.1) is 6.92 Å². The average molecular weight is 292 g/mol. The van der Waals surface area contributed by atoms with Gasteiger partial charge in [-0.25, -0.2) is 4.79 Å². The lowest BCUT2D eigenvalue weighted by atomic mass is 10.4. The van der Waals surface area contributed by atoms with Crippen LogP contribution in [0.2, 0.25) is 0 Å². The molecule has 0 aliphatic heterocycles. The van der Waals surface area contributed by atoms with Gasteiger partial charge in [0.2, 0.25) is 5.91 Å². The van der Waals surface area contributed by atoms with E-state index in [1.54, 1.807) is 21.0 Å². The summed E-state index contributed by atoms with van der Waals surface area (Å²) in [5, 5.41) is 19.6. The number of aryl methyl sites for hydroxylation is 1. The minimum absolute atomic E-state index is 0.0670. The monoisotopic (exact) mass is 292 g/mol. The normalized spacial score (nSPS) is 10.2. The molecule has 2 aromatic heterocycles. The molecule has 0 saturated heterocycles. The SMILES string of the molecule is Cc1[nH]ncc1NC(=O)Cn1ncc(NC(=O)N(C)C)n1. The van der Waals surface area contributed by atoms with Crippen LogP contribution < -0.4 is 10.6 Å². The average Bonchev–Trinajstić information content (AvgIpc) is 3.00.